The van der Waals surface area contributed by atoms with Crippen LogP contribution in [0.2, 0.25) is 10.0 Å². The summed E-state index contributed by atoms with van der Waals surface area (Å²) in [4.78, 5) is 13.5. The number of carbonyl (C=O) groups is 1. The maximum Gasteiger partial charge on any atom is 0.272 e. The van der Waals surface area contributed by atoms with Gasteiger partial charge in [0, 0.05) is 23.0 Å². The van der Waals surface area contributed by atoms with Gasteiger partial charge in [-0.15, -0.1) is 0 Å². The second kappa shape index (κ2) is 7.99. The molecule has 4 nitrogen and oxygen atoms in total. The minimum Gasteiger partial charge on any atom is -0.350 e. The van der Waals surface area contributed by atoms with Gasteiger partial charge in [-0.1, -0.05) is 60.9 Å². The van der Waals surface area contributed by atoms with E-state index in [0.29, 0.717) is 38.9 Å². The minimum absolute atomic E-state index is 0.0670. The summed E-state index contributed by atoms with van der Waals surface area (Å²) in [6.07, 6.45) is 11.3. The molecule has 1 amide bonds. The fourth-order valence-corrected chi connectivity index (χ4v) is 7.64. The van der Waals surface area contributed by atoms with Crippen molar-refractivity contribution in [3.8, 4) is 5.69 Å². The lowest BCUT2D eigenvalue weighted by Gasteiger charge is -2.60. The van der Waals surface area contributed by atoms with Crippen LogP contribution in [0, 0.1) is 29.1 Å². The lowest BCUT2D eigenvalue weighted by Crippen LogP contribution is -2.54. The second-order valence-corrected chi connectivity index (χ2v) is 12.1. The summed E-state index contributed by atoms with van der Waals surface area (Å²) >= 11 is 12.7. The minimum atomic E-state index is -0.0670. The van der Waals surface area contributed by atoms with Crippen LogP contribution in [0.25, 0.3) is 5.69 Å². The number of allylic oxidation sites excluding steroid dienone is 4. The summed E-state index contributed by atoms with van der Waals surface area (Å²) in [5.74, 6) is 2.59. The second-order valence-electron chi connectivity index (χ2n) is 11.3. The van der Waals surface area contributed by atoms with Crippen LogP contribution in [0.4, 0.5) is 0 Å². The Balaban J connectivity index is 1.32. The Morgan fingerprint density at radius 2 is 2.09 bits per heavy atom. The molecule has 7 rings (SSSR count). The van der Waals surface area contributed by atoms with Gasteiger partial charge in [-0.2, -0.15) is 5.10 Å². The van der Waals surface area contributed by atoms with E-state index in [4.69, 9.17) is 28.3 Å². The highest BCUT2D eigenvalue weighted by molar-refractivity contribution is 6.35. The number of carbonyl (C=O) groups excluding carboxylic acids is 1. The van der Waals surface area contributed by atoms with Gasteiger partial charge in [-0.25, -0.2) is 4.68 Å². The number of benzene rings is 1. The summed E-state index contributed by atoms with van der Waals surface area (Å²) in [6.45, 7) is 7.65. The van der Waals surface area contributed by atoms with E-state index in [1.807, 2.05) is 16.8 Å². The molecule has 2 bridgehead atoms. The van der Waals surface area contributed by atoms with Crippen LogP contribution in [0.3, 0.4) is 0 Å². The van der Waals surface area contributed by atoms with Gasteiger partial charge in [0.2, 0.25) is 0 Å². The Kier molecular flexibility index (Phi) is 5.27. The molecule has 0 aliphatic heterocycles. The Bertz CT molecular complexity index is 1240. The largest absolute Gasteiger partial charge is 0.350 e. The van der Waals surface area contributed by atoms with Gasteiger partial charge in [0.15, 0.2) is 5.69 Å². The average molecular weight is 496 g/mol. The maximum atomic E-state index is 13.5. The molecule has 5 atom stereocenters. The first-order valence-electron chi connectivity index (χ1n) is 12.5. The van der Waals surface area contributed by atoms with Crippen molar-refractivity contribution in [2.24, 2.45) is 29.1 Å². The molecule has 3 fully saturated rings. The summed E-state index contributed by atoms with van der Waals surface area (Å²) in [5, 5.41) is 9.23. The number of amides is 1. The van der Waals surface area contributed by atoms with Crippen LogP contribution in [0.1, 0.15) is 67.7 Å². The molecule has 3 saturated carbocycles. The van der Waals surface area contributed by atoms with Gasteiger partial charge in [-0.3, -0.25) is 4.79 Å². The third-order valence-electron chi connectivity index (χ3n) is 9.16. The van der Waals surface area contributed by atoms with E-state index in [0.717, 1.165) is 35.8 Å². The van der Waals surface area contributed by atoms with E-state index in [-0.39, 0.29) is 11.8 Å². The van der Waals surface area contributed by atoms with E-state index >= 15 is 0 Å². The zero-order chi connectivity index (χ0) is 23.8. The van der Waals surface area contributed by atoms with Gasteiger partial charge in [0.25, 0.3) is 5.91 Å². The number of nitrogens with zero attached hydrogens (tertiary/aromatic N) is 2. The molecule has 0 spiro atoms. The SMILES string of the molecule is CC1=CC2Cc3c(C(=O)NCC4CCC5CC4C5(C)C)nn(-c4ccc(Cl)cc4Cl)c3C2C=C1. The van der Waals surface area contributed by atoms with E-state index in [9.17, 15) is 4.79 Å². The fourth-order valence-electron chi connectivity index (χ4n) is 7.15. The van der Waals surface area contributed by atoms with Gasteiger partial charge in [-0.05, 0) is 79.9 Å². The van der Waals surface area contributed by atoms with Gasteiger partial charge in [0.1, 0.15) is 0 Å². The highest BCUT2D eigenvalue weighted by Gasteiger charge is 2.54. The molecule has 0 radical (unpaired) electrons. The molecule has 5 aliphatic rings. The standard InChI is InChI=1S/C28H31Cl2N3O/c1-15-4-8-20-17(10-15)11-21-25(32-33(26(20)21)24-9-7-19(29)13-23(24)30)27(34)31-14-16-5-6-18-12-22(16)28(18,2)3/h4,7-10,13,16-18,20,22H,5-6,11-12,14H2,1-3H3,(H,31,34). The molecule has 34 heavy (non-hydrogen) atoms. The van der Waals surface area contributed by atoms with Crippen molar-refractivity contribution in [3.05, 3.63) is 69.0 Å². The van der Waals surface area contributed by atoms with Crippen LogP contribution >= 0.6 is 23.2 Å². The Hall–Kier alpha value is -2.04. The molecule has 1 aromatic heterocycles. The fraction of sp³-hybridized carbons (Fsp3) is 0.500. The molecule has 2 aromatic rings. The Morgan fingerprint density at radius 3 is 2.82 bits per heavy atom. The van der Waals surface area contributed by atoms with Crippen molar-refractivity contribution in [1.82, 2.24) is 15.1 Å². The molecule has 6 heteroatoms. The van der Waals surface area contributed by atoms with E-state index < -0.39 is 0 Å². The number of rotatable bonds is 4. The van der Waals surface area contributed by atoms with Crippen LogP contribution in [-0.2, 0) is 6.42 Å². The van der Waals surface area contributed by atoms with E-state index in [1.165, 1.54) is 24.8 Å². The van der Waals surface area contributed by atoms with Crippen LogP contribution in [-0.4, -0.2) is 22.2 Å². The first-order valence-corrected chi connectivity index (χ1v) is 13.2. The summed E-state index contributed by atoms with van der Waals surface area (Å²) < 4.78 is 1.88. The average Bonchev–Trinajstić information content (AvgIpc) is 3.34. The van der Waals surface area contributed by atoms with Gasteiger partial charge in [0.05, 0.1) is 16.4 Å². The van der Waals surface area contributed by atoms with Crippen molar-refractivity contribution in [1.29, 1.82) is 0 Å². The van der Waals surface area contributed by atoms with Crippen LogP contribution in [0.15, 0.2) is 42.0 Å². The third kappa shape index (κ3) is 3.40. The number of aromatic nitrogens is 2. The Labute approximate surface area is 211 Å². The highest BCUT2D eigenvalue weighted by atomic mass is 35.5. The molecule has 1 N–H and O–H groups in total. The molecule has 5 aliphatic carbocycles. The van der Waals surface area contributed by atoms with Crippen molar-refractivity contribution < 1.29 is 4.79 Å². The Morgan fingerprint density at radius 1 is 1.26 bits per heavy atom. The molecule has 0 saturated heterocycles. The summed E-state index contributed by atoms with van der Waals surface area (Å²) in [6, 6.07) is 5.44. The van der Waals surface area contributed by atoms with Crippen LogP contribution < -0.4 is 5.32 Å². The van der Waals surface area contributed by atoms with Gasteiger partial charge < -0.3 is 5.32 Å². The van der Waals surface area contributed by atoms with Crippen molar-refractivity contribution in [3.63, 3.8) is 0 Å². The lowest BCUT2D eigenvalue weighted by molar-refractivity contribution is -0.103. The number of nitrogens with one attached hydrogen (secondary N) is 1. The van der Waals surface area contributed by atoms with Crippen molar-refractivity contribution in [2.45, 2.75) is 52.4 Å². The molecule has 1 heterocycles. The molecule has 1 aromatic carbocycles. The first-order chi connectivity index (χ1) is 16.2. The normalized spacial score (nSPS) is 30.3. The predicted octanol–water partition coefficient (Wildman–Crippen LogP) is 6.75. The number of halogens is 2. The topological polar surface area (TPSA) is 46.9 Å². The monoisotopic (exact) mass is 495 g/mol. The zero-order valence-corrected chi connectivity index (χ0v) is 21.5. The third-order valence-corrected chi connectivity index (χ3v) is 9.70. The molecule has 178 valence electrons. The van der Waals surface area contributed by atoms with Crippen molar-refractivity contribution >= 4 is 29.1 Å². The van der Waals surface area contributed by atoms with Crippen molar-refractivity contribution in [2.75, 3.05) is 6.54 Å². The number of fused-ring (bicyclic) bond motifs is 5. The first kappa shape index (κ1) is 22.4. The van der Waals surface area contributed by atoms with E-state index in [1.54, 1.807) is 6.07 Å². The zero-order valence-electron chi connectivity index (χ0n) is 19.9. The number of hydrogen-bond acceptors (Lipinski definition) is 2. The quantitative estimate of drug-likeness (QED) is 0.509. The smallest absolute Gasteiger partial charge is 0.272 e. The summed E-state index contributed by atoms with van der Waals surface area (Å²) in [5.41, 5.74) is 5.09. The van der Waals surface area contributed by atoms with E-state index in [2.05, 4.69) is 44.3 Å². The lowest BCUT2D eigenvalue weighted by atomic mass is 9.45. The molecular weight excluding hydrogens is 465 g/mol. The molecule has 5 unspecified atom stereocenters. The summed E-state index contributed by atoms with van der Waals surface area (Å²) in [7, 11) is 0. The number of hydrogen-bond donors (Lipinski definition) is 1. The predicted molar refractivity (Wildman–Crippen MR) is 137 cm³/mol. The maximum absolute atomic E-state index is 13.5. The van der Waals surface area contributed by atoms with Gasteiger partial charge >= 0.3 is 0 Å². The molecular formula is C28H31Cl2N3O. The van der Waals surface area contributed by atoms with Crippen LogP contribution in [0.5, 0.6) is 0 Å². The highest BCUT2D eigenvalue weighted by Crippen LogP contribution is 2.61.